The Bertz CT molecular complexity index is 373. The van der Waals surface area contributed by atoms with Crippen LogP contribution in [0, 0.1) is 0 Å². The lowest BCUT2D eigenvalue weighted by Crippen LogP contribution is -2.15. The van der Waals surface area contributed by atoms with Gasteiger partial charge in [-0.15, -0.1) is 0 Å². The number of benzene rings is 1. The van der Waals surface area contributed by atoms with Crippen LogP contribution in [0.5, 0.6) is 0 Å². The Hall–Kier alpha value is -0.830. The molecular weight excluding hydrogens is 213 g/mol. The summed E-state index contributed by atoms with van der Waals surface area (Å²) in [5.74, 6) is 0. The van der Waals surface area contributed by atoms with Crippen LogP contribution in [0.25, 0.3) is 0 Å². The molecule has 0 aromatic heterocycles. The van der Waals surface area contributed by atoms with Crippen molar-refractivity contribution < 1.29 is 14.4 Å². The average Bonchev–Trinajstić information content (AvgIpc) is 1.99. The van der Waals surface area contributed by atoms with E-state index >= 15 is 0 Å². The largest absolute Gasteiger partial charge is 0.810 e. The van der Waals surface area contributed by atoms with Crippen LogP contribution in [0.3, 0.4) is 0 Å². The first-order chi connectivity index (χ1) is 6.87. The molecule has 0 radical (unpaired) electrons. The van der Waals surface area contributed by atoms with Crippen LogP contribution in [0.2, 0.25) is 0 Å². The summed E-state index contributed by atoms with van der Waals surface area (Å²) in [7, 11) is -4.47. The molecule has 1 rings (SSSR count). The number of hydrogen-bond acceptors (Lipinski definition) is 4. The first kappa shape index (κ1) is 12.2. The molecule has 0 fully saturated rings. The molecule has 5 heteroatoms. The first-order valence-electron chi connectivity index (χ1n) is 4.73. The fraction of sp³-hybridized carbons (Fsp3) is 0.400. The molecule has 84 valence electrons. The first-order valence-corrected chi connectivity index (χ1v) is 6.46. The van der Waals surface area contributed by atoms with Crippen molar-refractivity contribution in [1.29, 1.82) is 0 Å². The number of rotatable bonds is 4. The zero-order chi connectivity index (χ0) is 11.5. The zero-order valence-corrected chi connectivity index (χ0v) is 9.66. The van der Waals surface area contributed by atoms with Crippen molar-refractivity contribution in [2.75, 3.05) is 5.32 Å². The van der Waals surface area contributed by atoms with Gasteiger partial charge in [-0.3, -0.25) is 0 Å². The van der Waals surface area contributed by atoms with Gasteiger partial charge in [0.2, 0.25) is 0 Å². The summed E-state index contributed by atoms with van der Waals surface area (Å²) in [6.45, 7) is 3.97. The van der Waals surface area contributed by atoms with E-state index in [1.54, 1.807) is 18.2 Å². The van der Waals surface area contributed by atoms with Gasteiger partial charge in [0.05, 0.1) is 0 Å². The Morgan fingerprint density at radius 2 is 2.07 bits per heavy atom. The van der Waals surface area contributed by atoms with E-state index in [-0.39, 0.29) is 6.04 Å². The van der Waals surface area contributed by atoms with Crippen molar-refractivity contribution in [3.8, 4) is 0 Å². The Balaban J connectivity index is 2.79. The van der Waals surface area contributed by atoms with Crippen LogP contribution in [-0.4, -0.2) is 6.04 Å². The predicted molar refractivity (Wildman–Crippen MR) is 56.5 cm³/mol. The smallest absolute Gasteiger partial charge is 0.0345 e. The van der Waals surface area contributed by atoms with Gasteiger partial charge in [-0.1, -0.05) is 19.7 Å². The third-order valence-electron chi connectivity index (χ3n) is 1.76. The third-order valence-corrected chi connectivity index (χ3v) is 2.51. The lowest BCUT2D eigenvalue weighted by Gasteiger charge is -2.29. The van der Waals surface area contributed by atoms with Crippen LogP contribution in [0.1, 0.15) is 19.4 Å². The molecule has 1 aromatic rings. The number of nitrogens with one attached hydrogen (secondary N) is 1. The second-order valence-corrected chi connectivity index (χ2v) is 5.31. The molecule has 1 aromatic carbocycles. The van der Waals surface area contributed by atoms with Crippen LogP contribution in [0.15, 0.2) is 24.3 Å². The summed E-state index contributed by atoms with van der Waals surface area (Å²) >= 11 is 0. The summed E-state index contributed by atoms with van der Waals surface area (Å²) in [4.78, 5) is 21.2. The molecule has 0 unspecified atom stereocenters. The minimum absolute atomic E-state index is 0.270. The van der Waals surface area contributed by atoms with Crippen LogP contribution < -0.4 is 15.1 Å². The molecule has 0 aliphatic heterocycles. The molecular formula is C10H14NO3P-2. The number of hydrogen-bond donors (Lipinski definition) is 1. The van der Waals surface area contributed by atoms with Crippen molar-refractivity contribution in [2.24, 2.45) is 0 Å². The van der Waals surface area contributed by atoms with E-state index in [1.807, 2.05) is 19.9 Å². The van der Waals surface area contributed by atoms with Gasteiger partial charge in [0, 0.05) is 17.9 Å². The quantitative estimate of drug-likeness (QED) is 0.776. The maximum atomic E-state index is 10.6. The molecule has 0 atom stereocenters. The van der Waals surface area contributed by atoms with E-state index in [0.717, 1.165) is 5.69 Å². The molecule has 0 aliphatic rings. The third kappa shape index (κ3) is 4.98. The van der Waals surface area contributed by atoms with Crippen LogP contribution in [0.4, 0.5) is 5.69 Å². The summed E-state index contributed by atoms with van der Waals surface area (Å²) < 4.78 is 10.6. The highest BCUT2D eigenvalue weighted by molar-refractivity contribution is 7.47. The average molecular weight is 227 g/mol. The Morgan fingerprint density at radius 3 is 2.60 bits per heavy atom. The van der Waals surface area contributed by atoms with Crippen molar-refractivity contribution in [2.45, 2.75) is 26.1 Å². The molecule has 0 spiro atoms. The molecule has 0 amide bonds. The van der Waals surface area contributed by atoms with E-state index in [0.29, 0.717) is 5.56 Å². The van der Waals surface area contributed by atoms with E-state index < -0.39 is 13.8 Å². The Labute approximate surface area is 89.5 Å². The van der Waals surface area contributed by atoms with Gasteiger partial charge in [0.15, 0.2) is 0 Å². The Kier molecular flexibility index (Phi) is 3.91. The van der Waals surface area contributed by atoms with Crippen molar-refractivity contribution in [1.82, 2.24) is 0 Å². The maximum absolute atomic E-state index is 10.6. The summed E-state index contributed by atoms with van der Waals surface area (Å²) in [6.07, 6.45) is -0.430. The standard InChI is InChI=1S/C10H16NO3P/c1-8(2)11-10-5-3-4-9(6-10)7-15(12,13)14/h3-6,8,11H,7H2,1-2H3,(H2,12,13,14)/p-2. The zero-order valence-electron chi connectivity index (χ0n) is 8.77. The normalized spacial score (nSPS) is 11.8. The molecule has 0 bridgehead atoms. The van der Waals surface area contributed by atoms with Crippen LogP contribution >= 0.6 is 7.60 Å². The topological polar surface area (TPSA) is 75.2 Å². The minimum atomic E-state index is -4.47. The summed E-state index contributed by atoms with van der Waals surface area (Å²) in [6, 6.07) is 7.16. The highest BCUT2D eigenvalue weighted by Gasteiger charge is 1.99. The van der Waals surface area contributed by atoms with Crippen molar-refractivity contribution in [3.05, 3.63) is 29.8 Å². The number of anilines is 1. The van der Waals surface area contributed by atoms with Gasteiger partial charge in [-0.25, -0.2) is 0 Å². The van der Waals surface area contributed by atoms with E-state index in [2.05, 4.69) is 5.32 Å². The molecule has 0 saturated heterocycles. The lowest BCUT2D eigenvalue weighted by molar-refractivity contribution is -0.314. The molecule has 1 N–H and O–H groups in total. The minimum Gasteiger partial charge on any atom is -0.810 e. The van der Waals surface area contributed by atoms with E-state index in [9.17, 15) is 14.4 Å². The maximum Gasteiger partial charge on any atom is 0.0345 e. The monoisotopic (exact) mass is 227 g/mol. The van der Waals surface area contributed by atoms with Gasteiger partial charge in [0.25, 0.3) is 0 Å². The van der Waals surface area contributed by atoms with Crippen molar-refractivity contribution >= 4 is 13.3 Å². The lowest BCUT2D eigenvalue weighted by atomic mass is 10.2. The van der Waals surface area contributed by atoms with Gasteiger partial charge < -0.3 is 19.7 Å². The van der Waals surface area contributed by atoms with Gasteiger partial charge in [0.1, 0.15) is 0 Å². The van der Waals surface area contributed by atoms with Gasteiger partial charge in [-0.2, -0.15) is 0 Å². The summed E-state index contributed by atoms with van der Waals surface area (Å²) in [5.41, 5.74) is 1.35. The van der Waals surface area contributed by atoms with Crippen LogP contribution in [-0.2, 0) is 10.7 Å². The Morgan fingerprint density at radius 1 is 1.40 bits per heavy atom. The van der Waals surface area contributed by atoms with E-state index in [1.165, 1.54) is 0 Å². The van der Waals surface area contributed by atoms with Crippen molar-refractivity contribution in [3.63, 3.8) is 0 Å². The SMILES string of the molecule is CC(C)Nc1cccc(CP(=O)([O-])[O-])c1. The summed E-state index contributed by atoms with van der Waals surface area (Å²) in [5, 5.41) is 3.14. The molecule has 0 heterocycles. The molecule has 0 aliphatic carbocycles. The molecule has 15 heavy (non-hydrogen) atoms. The molecule has 0 saturated carbocycles. The van der Waals surface area contributed by atoms with E-state index in [4.69, 9.17) is 0 Å². The highest BCUT2D eigenvalue weighted by atomic mass is 31.2. The predicted octanol–water partition coefficient (Wildman–Crippen LogP) is 0.921. The second-order valence-electron chi connectivity index (χ2n) is 3.77. The fourth-order valence-electron chi connectivity index (χ4n) is 1.32. The second kappa shape index (κ2) is 4.79. The van der Waals surface area contributed by atoms with Gasteiger partial charge in [-0.05, 0) is 31.5 Å². The molecule has 4 nitrogen and oxygen atoms in total. The fourth-order valence-corrected chi connectivity index (χ4v) is 1.96. The van der Waals surface area contributed by atoms with Gasteiger partial charge >= 0.3 is 0 Å². The highest BCUT2D eigenvalue weighted by Crippen LogP contribution is 2.30.